The Morgan fingerprint density at radius 3 is 2.58 bits per heavy atom. The summed E-state index contributed by atoms with van der Waals surface area (Å²) in [5.41, 5.74) is 2.08. The molecule has 176 valence electrons. The lowest BCUT2D eigenvalue weighted by Crippen LogP contribution is -2.27. The first-order chi connectivity index (χ1) is 16.0. The van der Waals surface area contributed by atoms with Gasteiger partial charge in [0, 0.05) is 17.9 Å². The molecule has 0 saturated heterocycles. The summed E-state index contributed by atoms with van der Waals surface area (Å²) in [6.45, 7) is 5.45. The number of ether oxygens (including phenoxy) is 2. The Kier molecular flexibility index (Phi) is 9.18. The van der Waals surface area contributed by atoms with Gasteiger partial charge in [-0.1, -0.05) is 55.9 Å². The van der Waals surface area contributed by atoms with Crippen molar-refractivity contribution >= 4 is 17.7 Å². The van der Waals surface area contributed by atoms with Gasteiger partial charge in [-0.05, 0) is 36.1 Å². The molecule has 1 amide bonds. The molecule has 0 fully saturated rings. The van der Waals surface area contributed by atoms with Gasteiger partial charge in [-0.25, -0.2) is 0 Å². The number of thioether (sulfide) groups is 1. The molecule has 0 unspecified atom stereocenters. The number of hydrogen-bond acceptors (Lipinski definition) is 6. The molecule has 1 N–H and O–H groups in total. The molecule has 33 heavy (non-hydrogen) atoms. The number of benzene rings is 2. The number of amides is 1. The van der Waals surface area contributed by atoms with E-state index >= 15 is 0 Å². The van der Waals surface area contributed by atoms with Crippen LogP contribution in [0.5, 0.6) is 11.5 Å². The Balaban J connectivity index is 1.62. The predicted molar refractivity (Wildman–Crippen MR) is 131 cm³/mol. The molecular weight excluding hydrogens is 436 g/mol. The second-order valence-corrected chi connectivity index (χ2v) is 9.18. The van der Waals surface area contributed by atoms with Crippen molar-refractivity contribution in [3.05, 3.63) is 65.5 Å². The van der Waals surface area contributed by atoms with Crippen LogP contribution in [0, 0.1) is 5.92 Å². The van der Waals surface area contributed by atoms with Crippen molar-refractivity contribution in [1.29, 1.82) is 0 Å². The van der Waals surface area contributed by atoms with Crippen LogP contribution in [-0.2, 0) is 30.7 Å². The number of methoxy groups -OCH3 is 2. The number of nitrogens with one attached hydrogen (secondary N) is 1. The average Bonchev–Trinajstić information content (AvgIpc) is 3.19. The number of rotatable bonds is 12. The summed E-state index contributed by atoms with van der Waals surface area (Å²) in [5, 5.41) is 12.6. The summed E-state index contributed by atoms with van der Waals surface area (Å²) >= 11 is 1.70. The van der Waals surface area contributed by atoms with Crippen LogP contribution in [0.1, 0.15) is 30.8 Å². The van der Waals surface area contributed by atoms with Gasteiger partial charge in [0.05, 0.1) is 27.2 Å². The number of hydrogen-bond donors (Lipinski definition) is 1. The van der Waals surface area contributed by atoms with Crippen molar-refractivity contribution in [3.8, 4) is 11.5 Å². The van der Waals surface area contributed by atoms with Crippen LogP contribution in [0.15, 0.2) is 53.7 Å². The van der Waals surface area contributed by atoms with Crippen molar-refractivity contribution in [1.82, 2.24) is 20.1 Å². The van der Waals surface area contributed by atoms with Crippen LogP contribution in [0.4, 0.5) is 0 Å². The minimum Gasteiger partial charge on any atom is -0.497 e. The van der Waals surface area contributed by atoms with E-state index in [-0.39, 0.29) is 12.3 Å². The lowest BCUT2D eigenvalue weighted by molar-refractivity contribution is -0.120. The molecule has 0 aliphatic rings. The molecule has 3 aromatic rings. The number of nitrogens with zero attached hydrogens (tertiary/aromatic N) is 3. The van der Waals surface area contributed by atoms with Gasteiger partial charge in [-0.2, -0.15) is 0 Å². The van der Waals surface area contributed by atoms with E-state index in [2.05, 4.69) is 58.2 Å². The van der Waals surface area contributed by atoms with E-state index in [1.54, 1.807) is 32.0 Å². The second kappa shape index (κ2) is 12.3. The van der Waals surface area contributed by atoms with Gasteiger partial charge in [-0.3, -0.25) is 4.79 Å². The molecule has 2 aromatic carbocycles. The summed E-state index contributed by atoms with van der Waals surface area (Å²) in [7, 11) is 3.19. The van der Waals surface area contributed by atoms with Crippen LogP contribution in [-0.4, -0.2) is 40.6 Å². The summed E-state index contributed by atoms with van der Waals surface area (Å²) in [5.74, 6) is 3.35. The SMILES string of the molecule is COc1ccc(OC)c(CC(=O)NCc2nnc(SCCc3ccccc3)n2CC(C)C)c1. The normalized spacial score (nSPS) is 10.9. The van der Waals surface area contributed by atoms with Crippen molar-refractivity contribution in [2.75, 3.05) is 20.0 Å². The van der Waals surface area contributed by atoms with Crippen molar-refractivity contribution < 1.29 is 14.3 Å². The zero-order valence-corrected chi connectivity index (χ0v) is 20.5. The van der Waals surface area contributed by atoms with Crippen LogP contribution in [0.25, 0.3) is 0 Å². The molecule has 0 radical (unpaired) electrons. The molecule has 0 bridgehead atoms. The molecule has 8 heteroatoms. The zero-order chi connectivity index (χ0) is 23.6. The third-order valence-corrected chi connectivity index (χ3v) is 6.06. The monoisotopic (exact) mass is 468 g/mol. The maximum Gasteiger partial charge on any atom is 0.224 e. The van der Waals surface area contributed by atoms with E-state index in [0.29, 0.717) is 24.0 Å². The fourth-order valence-corrected chi connectivity index (χ4v) is 4.40. The molecule has 0 aliphatic heterocycles. The van der Waals surface area contributed by atoms with Gasteiger partial charge in [0.25, 0.3) is 0 Å². The van der Waals surface area contributed by atoms with Gasteiger partial charge in [-0.15, -0.1) is 10.2 Å². The van der Waals surface area contributed by atoms with Crippen LogP contribution in [0.3, 0.4) is 0 Å². The van der Waals surface area contributed by atoms with Crippen LogP contribution < -0.4 is 14.8 Å². The maximum atomic E-state index is 12.7. The fourth-order valence-electron chi connectivity index (χ4n) is 3.44. The molecule has 1 heterocycles. The third-order valence-electron chi connectivity index (χ3n) is 5.09. The van der Waals surface area contributed by atoms with Gasteiger partial charge in [0.2, 0.25) is 5.91 Å². The van der Waals surface area contributed by atoms with E-state index in [4.69, 9.17) is 9.47 Å². The highest BCUT2D eigenvalue weighted by Crippen LogP contribution is 2.24. The number of aryl methyl sites for hydroxylation is 1. The predicted octanol–water partition coefficient (Wildman–Crippen LogP) is 4.15. The van der Waals surface area contributed by atoms with Gasteiger partial charge >= 0.3 is 0 Å². The molecule has 0 aliphatic carbocycles. The van der Waals surface area contributed by atoms with Gasteiger partial charge < -0.3 is 19.4 Å². The molecule has 3 rings (SSSR count). The quantitative estimate of drug-likeness (QED) is 0.403. The van der Waals surface area contributed by atoms with Gasteiger partial charge in [0.15, 0.2) is 11.0 Å². The zero-order valence-electron chi connectivity index (χ0n) is 19.7. The Hall–Kier alpha value is -3.00. The Bertz CT molecular complexity index is 1040. The summed E-state index contributed by atoms with van der Waals surface area (Å²) in [6.07, 6.45) is 1.16. The molecular formula is C25H32N4O3S. The number of carbonyl (C=O) groups excluding carboxylic acids is 1. The average molecular weight is 469 g/mol. The number of aromatic nitrogens is 3. The molecule has 1 aromatic heterocycles. The Morgan fingerprint density at radius 1 is 1.09 bits per heavy atom. The summed E-state index contributed by atoms with van der Waals surface area (Å²) < 4.78 is 12.8. The highest BCUT2D eigenvalue weighted by Gasteiger charge is 2.16. The molecule has 0 saturated carbocycles. The minimum absolute atomic E-state index is 0.112. The fraction of sp³-hybridized carbons (Fsp3) is 0.400. The highest BCUT2D eigenvalue weighted by atomic mass is 32.2. The highest BCUT2D eigenvalue weighted by molar-refractivity contribution is 7.99. The molecule has 7 nitrogen and oxygen atoms in total. The van der Waals surface area contributed by atoms with Crippen LogP contribution in [0.2, 0.25) is 0 Å². The second-order valence-electron chi connectivity index (χ2n) is 8.12. The standard InChI is InChI=1S/C25H32N4O3S/c1-18(2)17-29-23(27-28-25(29)33-13-12-19-8-6-5-7-9-19)16-26-24(30)15-20-14-21(31-3)10-11-22(20)32-4/h5-11,14,18H,12-13,15-17H2,1-4H3,(H,26,30). The van der Waals surface area contributed by atoms with Crippen LogP contribution >= 0.6 is 11.8 Å². The first-order valence-corrected chi connectivity index (χ1v) is 12.0. The first-order valence-electron chi connectivity index (χ1n) is 11.1. The summed E-state index contributed by atoms with van der Waals surface area (Å²) in [6, 6.07) is 15.9. The van der Waals surface area contributed by atoms with Crippen molar-refractivity contribution in [3.63, 3.8) is 0 Å². The minimum atomic E-state index is -0.112. The van der Waals surface area contributed by atoms with E-state index in [0.717, 1.165) is 35.3 Å². The van der Waals surface area contributed by atoms with E-state index in [9.17, 15) is 4.79 Å². The van der Waals surface area contributed by atoms with E-state index < -0.39 is 0 Å². The van der Waals surface area contributed by atoms with Crippen molar-refractivity contribution in [2.45, 2.75) is 44.9 Å². The van der Waals surface area contributed by atoms with Crippen molar-refractivity contribution in [2.24, 2.45) is 5.92 Å². The Labute approximate surface area is 199 Å². The lowest BCUT2D eigenvalue weighted by Gasteiger charge is -2.13. The van der Waals surface area contributed by atoms with E-state index in [1.807, 2.05) is 18.2 Å². The Morgan fingerprint density at radius 2 is 1.88 bits per heavy atom. The third kappa shape index (κ3) is 7.25. The molecule has 0 spiro atoms. The number of carbonyl (C=O) groups is 1. The summed E-state index contributed by atoms with van der Waals surface area (Å²) in [4.78, 5) is 12.7. The van der Waals surface area contributed by atoms with Gasteiger partial charge in [0.1, 0.15) is 11.5 Å². The molecule has 0 atom stereocenters. The largest absolute Gasteiger partial charge is 0.497 e. The topological polar surface area (TPSA) is 78.3 Å². The first kappa shape index (κ1) is 24.6. The lowest BCUT2D eigenvalue weighted by atomic mass is 10.1. The van der Waals surface area contributed by atoms with E-state index in [1.165, 1.54) is 5.56 Å². The maximum absolute atomic E-state index is 12.7. The smallest absolute Gasteiger partial charge is 0.224 e.